The van der Waals surface area contributed by atoms with Crippen LogP contribution < -0.4 is 0 Å². The molecule has 0 bridgehead atoms. The minimum absolute atomic E-state index is 1.43. The number of hydrogen-bond acceptors (Lipinski definition) is 1. The maximum atomic E-state index is 7.32. The molecule has 0 amide bonds. The second kappa shape index (κ2) is 21.3. The fraction of sp³-hybridized carbons (Fsp3) is 0.500. The molecule has 0 saturated heterocycles. The number of nitriles is 1. The zero-order valence-corrected chi connectivity index (χ0v) is 5.48. The molecule has 1 nitrogen and oxygen atoms in total. The van der Waals surface area contributed by atoms with Gasteiger partial charge in [0.1, 0.15) is 0 Å². The van der Waals surface area contributed by atoms with E-state index in [0.717, 1.165) is 0 Å². The van der Waals surface area contributed by atoms with Gasteiger partial charge in [0.05, 0.1) is 6.07 Å². The van der Waals surface area contributed by atoms with Crippen molar-refractivity contribution in [3.8, 4) is 6.07 Å². The monoisotopic (exact) mass is 175 g/mol. The zero-order chi connectivity index (χ0) is 4.71. The molecule has 0 unspecified atom stereocenters. The van der Waals surface area contributed by atoms with Gasteiger partial charge in [0.25, 0.3) is 0 Å². The molecular formula is C2H3ILiN. The predicted octanol–water partition coefficient (Wildman–Crippen LogP) is 1.03. The van der Waals surface area contributed by atoms with Gasteiger partial charge in [0, 0.05) is 6.92 Å². The molecule has 0 aliphatic carbocycles. The quantitative estimate of drug-likeness (QED) is 0.398. The number of halogens is 1. The molecular weight excluding hydrogens is 172 g/mol. The first-order chi connectivity index (χ1) is 2.41. The summed E-state index contributed by atoms with van der Waals surface area (Å²) in [6.07, 6.45) is 0. The average molecular weight is 175 g/mol. The van der Waals surface area contributed by atoms with Gasteiger partial charge in [0.15, 0.2) is 0 Å². The van der Waals surface area contributed by atoms with E-state index in [9.17, 15) is 0 Å². The number of rotatable bonds is 0. The third kappa shape index (κ3) is 57.2. The van der Waals surface area contributed by atoms with E-state index in [1.807, 2.05) is 14.3 Å². The Morgan fingerprint density at radius 2 is 1.80 bits per heavy atom. The fourth-order valence-electron chi connectivity index (χ4n) is 0. The van der Waals surface area contributed by atoms with E-state index < -0.39 is 0 Å². The van der Waals surface area contributed by atoms with Crippen LogP contribution in [0.1, 0.15) is 6.92 Å². The van der Waals surface area contributed by atoms with Crippen molar-refractivity contribution in [2.75, 3.05) is 0 Å². The Morgan fingerprint density at radius 1 is 1.80 bits per heavy atom. The van der Waals surface area contributed by atoms with Crippen LogP contribution in [0.25, 0.3) is 0 Å². The van der Waals surface area contributed by atoms with E-state index in [0.29, 0.717) is 0 Å². The van der Waals surface area contributed by atoms with Crippen LogP contribution in [0.3, 0.4) is 0 Å². The molecule has 0 rings (SSSR count). The van der Waals surface area contributed by atoms with Gasteiger partial charge in [-0.1, -0.05) is 0 Å². The Kier molecular flexibility index (Phi) is 39.4. The zero-order valence-electron chi connectivity index (χ0n) is 3.33. The molecule has 0 fully saturated rings. The Morgan fingerprint density at radius 3 is 1.80 bits per heavy atom. The van der Waals surface area contributed by atoms with Crippen LogP contribution >= 0.6 is 19.9 Å². The molecule has 0 heterocycles. The van der Waals surface area contributed by atoms with Gasteiger partial charge in [-0.15, -0.1) is 0 Å². The first-order valence-corrected chi connectivity index (χ1v) is 3.26. The minimum atomic E-state index is 1.43. The molecule has 24 valence electrons. The number of nitrogens with zero attached hydrogens (tertiary/aromatic N) is 1. The van der Waals surface area contributed by atoms with Gasteiger partial charge in [-0.3, -0.25) is 0 Å². The van der Waals surface area contributed by atoms with E-state index in [4.69, 9.17) is 5.26 Å². The molecule has 0 aliphatic rings. The van der Waals surface area contributed by atoms with Crippen LogP contribution in [0, 0.1) is 11.3 Å². The normalized spacial score (nSPS) is 3.00. The summed E-state index contributed by atoms with van der Waals surface area (Å²) in [5.74, 6) is 0. The Balaban J connectivity index is 0. The summed E-state index contributed by atoms with van der Waals surface area (Å²) in [7, 11) is 0. The molecule has 0 saturated carbocycles. The van der Waals surface area contributed by atoms with Gasteiger partial charge in [-0.25, -0.2) is 0 Å². The van der Waals surface area contributed by atoms with Crippen molar-refractivity contribution < 1.29 is 0 Å². The van der Waals surface area contributed by atoms with E-state index in [1.54, 1.807) is 6.07 Å². The molecule has 0 aromatic carbocycles. The molecule has 0 spiro atoms. The van der Waals surface area contributed by atoms with Gasteiger partial charge >= 0.3 is 34.2 Å². The van der Waals surface area contributed by atoms with Gasteiger partial charge in [-0.05, 0) is 0 Å². The van der Waals surface area contributed by atoms with Crippen LogP contribution in [-0.2, 0) is 0 Å². The van der Waals surface area contributed by atoms with Gasteiger partial charge in [0.2, 0.25) is 0 Å². The number of hydrogen-bond donors (Lipinski definition) is 0. The van der Waals surface area contributed by atoms with Crippen molar-refractivity contribution >= 4 is 34.2 Å². The summed E-state index contributed by atoms with van der Waals surface area (Å²) in [4.78, 5) is 0. The van der Waals surface area contributed by atoms with Gasteiger partial charge in [-0.2, -0.15) is 5.26 Å². The second-order valence-corrected chi connectivity index (χ2v) is 0.224. The van der Waals surface area contributed by atoms with E-state index in [2.05, 4.69) is 19.9 Å². The van der Waals surface area contributed by atoms with Crippen LogP contribution in [0.15, 0.2) is 0 Å². The molecule has 0 aromatic rings. The molecule has 3 heteroatoms. The second-order valence-electron chi connectivity index (χ2n) is 0.224. The Hall–Kier alpha value is 0.817. The summed E-state index contributed by atoms with van der Waals surface area (Å²) in [5.41, 5.74) is 0. The Bertz CT molecular complexity index is 31.1. The van der Waals surface area contributed by atoms with Crippen LogP contribution in [0.5, 0.6) is 0 Å². The van der Waals surface area contributed by atoms with Gasteiger partial charge < -0.3 is 0 Å². The Labute approximate surface area is 52.3 Å². The van der Waals surface area contributed by atoms with Crippen LogP contribution in [-0.4, -0.2) is 14.3 Å². The summed E-state index contributed by atoms with van der Waals surface area (Å²) in [5, 5.41) is 7.32. The van der Waals surface area contributed by atoms with Crippen molar-refractivity contribution in [1.29, 1.82) is 5.26 Å². The van der Waals surface area contributed by atoms with Crippen molar-refractivity contribution in [3.05, 3.63) is 0 Å². The van der Waals surface area contributed by atoms with Crippen molar-refractivity contribution in [2.24, 2.45) is 0 Å². The first kappa shape index (κ1) is 9.26. The van der Waals surface area contributed by atoms with Crippen molar-refractivity contribution in [3.63, 3.8) is 0 Å². The predicted molar refractivity (Wildman–Crippen MR) is 31.1 cm³/mol. The molecule has 0 N–H and O–H groups in total. The third-order valence-corrected chi connectivity index (χ3v) is 0. The summed E-state index contributed by atoms with van der Waals surface area (Å²) < 4.78 is 0. The standard InChI is InChI=1S/C2H3N.HI.Li/c1-2-3;;/h1H3;1H;/q;;+1/p-1. The topological polar surface area (TPSA) is 23.8 Å². The summed E-state index contributed by atoms with van der Waals surface area (Å²) in [6, 6.07) is 1.75. The van der Waals surface area contributed by atoms with E-state index >= 15 is 0 Å². The van der Waals surface area contributed by atoms with E-state index in [-0.39, 0.29) is 0 Å². The molecule has 0 aromatic heterocycles. The van der Waals surface area contributed by atoms with E-state index in [1.165, 1.54) is 6.92 Å². The molecule has 5 heavy (non-hydrogen) atoms. The molecule has 0 atom stereocenters. The molecule has 0 aliphatic heterocycles. The summed E-state index contributed by atoms with van der Waals surface area (Å²) in [6.45, 7) is 1.43. The average Bonchev–Trinajstić information content (AvgIpc) is 1.46. The fourth-order valence-corrected chi connectivity index (χ4v) is 0. The summed E-state index contributed by atoms with van der Waals surface area (Å²) >= 11 is 4.12. The van der Waals surface area contributed by atoms with Crippen LogP contribution in [0.2, 0.25) is 0 Å². The van der Waals surface area contributed by atoms with Crippen LogP contribution in [0.4, 0.5) is 0 Å². The van der Waals surface area contributed by atoms with Crippen molar-refractivity contribution in [2.45, 2.75) is 6.92 Å². The van der Waals surface area contributed by atoms with Crippen molar-refractivity contribution in [1.82, 2.24) is 0 Å². The first-order valence-electron chi connectivity index (χ1n) is 1.10. The molecule has 0 radical (unpaired) electrons. The SMILES string of the molecule is CC#N.[Li][I]. The third-order valence-electron chi connectivity index (χ3n) is 0. The maximum absolute atomic E-state index is 7.32.